The summed E-state index contributed by atoms with van der Waals surface area (Å²) in [4.78, 5) is 0. The molecule has 0 atom stereocenters. The van der Waals surface area contributed by atoms with Crippen molar-refractivity contribution >= 4 is 21.5 Å². The number of hydrogen-bond donors (Lipinski definition) is 0. The van der Waals surface area contributed by atoms with Crippen LogP contribution in [0.15, 0.2) is 146 Å². The van der Waals surface area contributed by atoms with Crippen molar-refractivity contribution in [2.75, 3.05) is 0 Å². The molecule has 11 rings (SSSR count). The Morgan fingerprint density at radius 2 is 0.661 bits per heavy atom. The van der Waals surface area contributed by atoms with E-state index in [1.54, 1.807) is 33.4 Å². The first-order valence-corrected chi connectivity index (χ1v) is 22.0. The van der Waals surface area contributed by atoms with Crippen molar-refractivity contribution in [3.05, 3.63) is 190 Å². The summed E-state index contributed by atoms with van der Waals surface area (Å²) < 4.78 is 0. The van der Waals surface area contributed by atoms with Gasteiger partial charge in [-0.05, 0) is 141 Å². The molecule has 0 radical (unpaired) electrons. The maximum atomic E-state index is 2.36. The Balaban J connectivity index is 0.000000157. The molecule has 7 aromatic carbocycles. The first kappa shape index (κ1) is 43.8. The molecule has 4 aliphatic rings. The molecular weight excluding hydrogens is 673 g/mol. The van der Waals surface area contributed by atoms with Gasteiger partial charge in [0, 0.05) is 0 Å². The lowest BCUT2D eigenvalue weighted by Gasteiger charge is -2.03. The molecule has 292 valence electrons. The monoisotopic (exact) mass is 741 g/mol. The second-order valence-corrected chi connectivity index (χ2v) is 13.7. The molecular formula is C56H68. The molecule has 7 aromatic rings. The fourth-order valence-corrected chi connectivity index (χ4v) is 8.23. The molecule has 56 heavy (non-hydrogen) atoms. The van der Waals surface area contributed by atoms with Crippen LogP contribution in [-0.4, -0.2) is 0 Å². The van der Waals surface area contributed by atoms with Crippen LogP contribution in [0.4, 0.5) is 0 Å². The Morgan fingerprint density at radius 3 is 1.18 bits per heavy atom. The van der Waals surface area contributed by atoms with Crippen molar-refractivity contribution < 1.29 is 0 Å². The Kier molecular flexibility index (Phi) is 18.7. The maximum Gasteiger partial charge on any atom is -0.00135 e. The highest BCUT2D eigenvalue weighted by Gasteiger charge is 2.16. The second kappa shape index (κ2) is 23.9. The second-order valence-electron chi connectivity index (χ2n) is 13.7. The average Bonchev–Trinajstić information content (AvgIpc) is 4.13. The first-order valence-electron chi connectivity index (χ1n) is 22.0. The van der Waals surface area contributed by atoms with E-state index in [4.69, 9.17) is 0 Å². The van der Waals surface area contributed by atoms with Crippen LogP contribution >= 0.6 is 0 Å². The van der Waals surface area contributed by atoms with Crippen molar-refractivity contribution in [1.29, 1.82) is 0 Å². The van der Waals surface area contributed by atoms with Crippen LogP contribution < -0.4 is 0 Å². The maximum absolute atomic E-state index is 2.36. The number of rotatable bonds is 0. The summed E-state index contributed by atoms with van der Waals surface area (Å²) in [5.41, 5.74) is 15.2. The summed E-state index contributed by atoms with van der Waals surface area (Å²) in [5.74, 6) is 0. The van der Waals surface area contributed by atoms with Gasteiger partial charge in [-0.15, -0.1) is 0 Å². The molecule has 0 amide bonds. The molecule has 4 aliphatic carbocycles. The molecule has 0 N–H and O–H groups in total. The Morgan fingerprint density at radius 1 is 0.286 bits per heavy atom. The molecule has 0 heterocycles. The zero-order chi connectivity index (χ0) is 40.1. The van der Waals surface area contributed by atoms with Gasteiger partial charge in [0.25, 0.3) is 0 Å². The van der Waals surface area contributed by atoms with E-state index >= 15 is 0 Å². The molecule has 0 nitrogen and oxygen atoms in total. The number of fused-ring (bicyclic) bond motifs is 9. The quantitative estimate of drug-likeness (QED) is 0.145. The largest absolute Gasteiger partial charge is 0.0683 e. The lowest BCUT2D eigenvalue weighted by molar-refractivity contribution is 0.912. The molecule has 0 saturated heterocycles. The predicted octanol–water partition coefficient (Wildman–Crippen LogP) is 16.2. The van der Waals surface area contributed by atoms with Crippen molar-refractivity contribution in [3.8, 4) is 11.1 Å². The first-order chi connectivity index (χ1) is 27.8. The highest BCUT2D eigenvalue weighted by atomic mass is 14.2. The summed E-state index contributed by atoms with van der Waals surface area (Å²) in [6.07, 6.45) is 12.9. The summed E-state index contributed by atoms with van der Waals surface area (Å²) in [5, 5.41) is 5.65. The zero-order valence-electron chi connectivity index (χ0n) is 35.9. The van der Waals surface area contributed by atoms with E-state index in [1.807, 2.05) is 55.4 Å². The molecule has 0 heteroatoms. The molecule has 0 saturated carbocycles. The lowest BCUT2D eigenvalue weighted by atomic mass is 10.0. The van der Waals surface area contributed by atoms with Crippen LogP contribution in [0.3, 0.4) is 0 Å². The van der Waals surface area contributed by atoms with Crippen LogP contribution in [0.1, 0.15) is 119 Å². The highest BCUT2D eigenvalue weighted by molar-refractivity contribution is 5.87. The topological polar surface area (TPSA) is 0 Å². The van der Waals surface area contributed by atoms with Crippen molar-refractivity contribution in [2.45, 2.75) is 120 Å². The van der Waals surface area contributed by atoms with Gasteiger partial charge in [-0.25, -0.2) is 0 Å². The van der Waals surface area contributed by atoms with Crippen LogP contribution in [0.25, 0.3) is 32.7 Å². The summed E-state index contributed by atoms with van der Waals surface area (Å²) >= 11 is 0. The summed E-state index contributed by atoms with van der Waals surface area (Å²) in [7, 11) is 0. The van der Waals surface area contributed by atoms with E-state index < -0.39 is 0 Å². The van der Waals surface area contributed by atoms with Gasteiger partial charge in [-0.2, -0.15) is 0 Å². The molecule has 0 aliphatic heterocycles. The van der Waals surface area contributed by atoms with E-state index in [1.165, 1.54) is 102 Å². The number of aryl methyl sites for hydroxylation is 6. The fraction of sp³-hybridized carbons (Fsp3) is 0.321. The van der Waals surface area contributed by atoms with Gasteiger partial charge in [-0.3, -0.25) is 0 Å². The van der Waals surface area contributed by atoms with Crippen LogP contribution in [0, 0.1) is 0 Å². The van der Waals surface area contributed by atoms with Crippen LogP contribution in [0.2, 0.25) is 0 Å². The molecule has 0 spiro atoms. The van der Waals surface area contributed by atoms with Gasteiger partial charge in [0.15, 0.2) is 0 Å². The van der Waals surface area contributed by atoms with E-state index in [2.05, 4.69) is 146 Å². The SMILES string of the molecule is CC.CC.CC.CC.c1ccc2c(c1)CCC2.c1ccc2c(c1)Cc1ccccc1-2.c1ccc2c3c(ccc2c1)CCC3.c1ccc2cc3c(cc2c1)CCC3. The lowest BCUT2D eigenvalue weighted by Crippen LogP contribution is -1.83. The van der Waals surface area contributed by atoms with Crippen LogP contribution in [-0.2, 0) is 44.9 Å². The highest BCUT2D eigenvalue weighted by Crippen LogP contribution is 2.36. The molecule has 0 fully saturated rings. The molecule has 0 bridgehead atoms. The van der Waals surface area contributed by atoms with Crippen molar-refractivity contribution in [2.24, 2.45) is 0 Å². The van der Waals surface area contributed by atoms with Crippen molar-refractivity contribution in [3.63, 3.8) is 0 Å². The minimum atomic E-state index is 1.10. The third-order valence-corrected chi connectivity index (χ3v) is 10.7. The zero-order valence-corrected chi connectivity index (χ0v) is 35.9. The van der Waals surface area contributed by atoms with Gasteiger partial charge < -0.3 is 0 Å². The van der Waals surface area contributed by atoms with Gasteiger partial charge in [0.2, 0.25) is 0 Å². The Hall–Kier alpha value is -4.94. The predicted molar refractivity (Wildman–Crippen MR) is 250 cm³/mol. The van der Waals surface area contributed by atoms with Gasteiger partial charge in [0.05, 0.1) is 0 Å². The minimum absolute atomic E-state index is 1.10. The van der Waals surface area contributed by atoms with Crippen molar-refractivity contribution in [1.82, 2.24) is 0 Å². The summed E-state index contributed by atoms with van der Waals surface area (Å²) in [6.45, 7) is 16.0. The molecule has 0 aromatic heterocycles. The number of hydrogen-bond acceptors (Lipinski definition) is 0. The van der Waals surface area contributed by atoms with E-state index in [0.717, 1.165) is 6.42 Å². The minimum Gasteiger partial charge on any atom is -0.0683 e. The number of benzene rings is 7. The summed E-state index contributed by atoms with van der Waals surface area (Å²) in [6, 6.07) is 52.6. The van der Waals surface area contributed by atoms with E-state index in [0.29, 0.717) is 0 Å². The third-order valence-electron chi connectivity index (χ3n) is 10.7. The average molecular weight is 741 g/mol. The fourth-order valence-electron chi connectivity index (χ4n) is 8.23. The standard InChI is InChI=1S/C13H10.2C13H12.C9H10.4C2H6/c1-3-7-12-10(5-1)9-11-6-2-4-8-13(11)12;1-2-6-12-10(4-1)8-9-11-5-3-7-13(11)12;1-2-5-11-9-13-7-3-6-12(13)8-10(11)4-1;1-2-5-9-7-3-6-8(9)4-1;4*1-2/h1-8H,9H2;1-2,4,6,8-9H,3,5,7H2;1-2,4-5,8-9H,3,6-7H2;1-2,4-5H,3,6-7H2;4*1-2H3. The van der Waals surface area contributed by atoms with Crippen LogP contribution in [0.5, 0.6) is 0 Å². The molecule has 0 unspecified atom stereocenters. The third kappa shape index (κ3) is 11.1. The Bertz CT molecular complexity index is 2080. The smallest absolute Gasteiger partial charge is 0.00135 e. The van der Waals surface area contributed by atoms with Gasteiger partial charge >= 0.3 is 0 Å². The van der Waals surface area contributed by atoms with E-state index in [-0.39, 0.29) is 0 Å². The van der Waals surface area contributed by atoms with E-state index in [9.17, 15) is 0 Å². The van der Waals surface area contributed by atoms with Gasteiger partial charge in [-0.1, -0.05) is 201 Å². The van der Waals surface area contributed by atoms with Gasteiger partial charge in [0.1, 0.15) is 0 Å². The normalized spacial score (nSPS) is 12.6. The Labute approximate surface area is 341 Å².